The summed E-state index contributed by atoms with van der Waals surface area (Å²) in [5.41, 5.74) is 0. The molecule has 0 spiro atoms. The van der Waals surface area contributed by atoms with Crippen molar-refractivity contribution < 1.29 is 28.6 Å². The van der Waals surface area contributed by atoms with Gasteiger partial charge in [-0.1, -0.05) is 192 Å². The molecule has 0 aliphatic rings. The van der Waals surface area contributed by atoms with Crippen LogP contribution in [0.5, 0.6) is 0 Å². The van der Waals surface area contributed by atoms with Gasteiger partial charge in [0.1, 0.15) is 13.2 Å². The number of carbonyl (C=O) groups is 3. The second-order valence-electron chi connectivity index (χ2n) is 16.4. The van der Waals surface area contributed by atoms with E-state index in [4.69, 9.17) is 14.2 Å². The molecule has 57 heavy (non-hydrogen) atoms. The van der Waals surface area contributed by atoms with Gasteiger partial charge < -0.3 is 14.2 Å². The lowest BCUT2D eigenvalue weighted by molar-refractivity contribution is -0.166. The van der Waals surface area contributed by atoms with Crippen LogP contribution in [0.3, 0.4) is 0 Å². The normalized spacial score (nSPS) is 11.8. The van der Waals surface area contributed by atoms with Gasteiger partial charge in [-0.3, -0.25) is 14.4 Å². The molecular weight excluding hydrogens is 709 g/mol. The van der Waals surface area contributed by atoms with Crippen molar-refractivity contribution in [1.82, 2.24) is 0 Å². The largest absolute Gasteiger partial charge is 0.462 e. The lowest BCUT2D eigenvalue weighted by Gasteiger charge is -2.18. The summed E-state index contributed by atoms with van der Waals surface area (Å²) in [7, 11) is 0. The molecule has 0 atom stereocenters. The number of unbranched alkanes of at least 4 members (excludes halogenated alkanes) is 27. The van der Waals surface area contributed by atoms with E-state index in [1.54, 1.807) is 0 Å². The maximum absolute atomic E-state index is 12.7. The fourth-order valence-corrected chi connectivity index (χ4v) is 6.87. The fourth-order valence-electron chi connectivity index (χ4n) is 6.87. The van der Waals surface area contributed by atoms with E-state index in [0.29, 0.717) is 32.1 Å². The van der Waals surface area contributed by atoms with Crippen molar-refractivity contribution in [2.75, 3.05) is 13.2 Å². The number of ether oxygens (including phenoxy) is 3. The smallest absolute Gasteiger partial charge is 0.306 e. The number of allylic oxidation sites excluding steroid dienone is 6. The van der Waals surface area contributed by atoms with E-state index < -0.39 is 6.10 Å². The zero-order valence-corrected chi connectivity index (χ0v) is 37.9. The molecule has 0 saturated carbocycles. The van der Waals surface area contributed by atoms with Crippen LogP contribution in [0.15, 0.2) is 36.5 Å². The van der Waals surface area contributed by atoms with Gasteiger partial charge in [0.2, 0.25) is 0 Å². The highest BCUT2D eigenvalue weighted by Crippen LogP contribution is 2.13. The van der Waals surface area contributed by atoms with Gasteiger partial charge >= 0.3 is 17.9 Å². The Bertz CT molecular complexity index is 917. The van der Waals surface area contributed by atoms with Crippen molar-refractivity contribution in [3.8, 4) is 0 Å². The molecule has 6 heteroatoms. The number of hydrogen-bond acceptors (Lipinski definition) is 6. The van der Waals surface area contributed by atoms with Crippen LogP contribution in [0.25, 0.3) is 0 Å². The molecule has 6 nitrogen and oxygen atoms in total. The first kappa shape index (κ1) is 54.6. The number of rotatable bonds is 44. The Balaban J connectivity index is 4.46. The highest BCUT2D eigenvalue weighted by atomic mass is 16.6. The van der Waals surface area contributed by atoms with Crippen molar-refractivity contribution in [3.05, 3.63) is 36.5 Å². The topological polar surface area (TPSA) is 78.9 Å². The van der Waals surface area contributed by atoms with Crippen LogP contribution in [-0.2, 0) is 28.6 Å². The molecule has 0 unspecified atom stereocenters. The third kappa shape index (κ3) is 44.6. The van der Waals surface area contributed by atoms with E-state index in [1.807, 2.05) is 0 Å². The average Bonchev–Trinajstić information content (AvgIpc) is 3.21. The van der Waals surface area contributed by atoms with Gasteiger partial charge in [0.25, 0.3) is 0 Å². The molecule has 0 radical (unpaired) electrons. The Kier molecular flexibility index (Phi) is 44.4. The summed E-state index contributed by atoms with van der Waals surface area (Å²) in [6, 6.07) is 0. The molecule has 0 aromatic carbocycles. The molecule has 0 saturated heterocycles. The highest BCUT2D eigenvalue weighted by molar-refractivity contribution is 5.71. The van der Waals surface area contributed by atoms with E-state index in [9.17, 15) is 14.4 Å². The van der Waals surface area contributed by atoms with Gasteiger partial charge in [-0.05, 0) is 77.0 Å². The third-order valence-corrected chi connectivity index (χ3v) is 10.6. The first-order valence-electron chi connectivity index (χ1n) is 24.5. The Morgan fingerprint density at radius 2 is 0.579 bits per heavy atom. The molecule has 332 valence electrons. The van der Waals surface area contributed by atoms with Crippen LogP contribution < -0.4 is 0 Å². The standard InChI is InChI=1S/C51H92O6/c1-4-7-10-13-16-19-22-25-28-31-34-37-40-43-49(52)55-46-48(57-51(54)45-42-39-36-33-30-27-24-21-18-15-12-9-6-3)47-56-50(53)44-41-38-35-32-29-26-23-20-17-14-11-8-5-2/h31-36,48H,4-30,37-47H2,1-3H3/b34-31-,35-32-,36-33-. The van der Waals surface area contributed by atoms with Crippen LogP contribution >= 0.6 is 0 Å². The molecule has 0 fully saturated rings. The predicted octanol–water partition coefficient (Wildman–Crippen LogP) is 15.8. The quantitative estimate of drug-likeness (QED) is 0.0264. The van der Waals surface area contributed by atoms with Crippen LogP contribution in [0.1, 0.15) is 252 Å². The van der Waals surface area contributed by atoms with Crippen molar-refractivity contribution in [2.45, 2.75) is 258 Å². The lowest BCUT2D eigenvalue weighted by atomic mass is 10.1. The van der Waals surface area contributed by atoms with Gasteiger partial charge in [0.15, 0.2) is 6.10 Å². The SMILES string of the molecule is CCCCCCCCCC/C=C\CCCC(=O)OCC(COC(=O)CCC/C=C\CCCCCCCCCC)OC(=O)CCC/C=C\CCCCCCCCCC. The Morgan fingerprint density at radius 3 is 0.877 bits per heavy atom. The second-order valence-corrected chi connectivity index (χ2v) is 16.4. The minimum atomic E-state index is -0.805. The zero-order valence-electron chi connectivity index (χ0n) is 37.9. The van der Waals surface area contributed by atoms with Crippen LogP contribution in [0.4, 0.5) is 0 Å². The van der Waals surface area contributed by atoms with E-state index in [2.05, 4.69) is 57.2 Å². The molecule has 0 rings (SSSR count). The third-order valence-electron chi connectivity index (χ3n) is 10.6. The van der Waals surface area contributed by atoms with Crippen molar-refractivity contribution in [2.24, 2.45) is 0 Å². The molecule has 0 aromatic heterocycles. The molecule has 0 aliphatic carbocycles. The van der Waals surface area contributed by atoms with Gasteiger partial charge in [-0.2, -0.15) is 0 Å². The van der Waals surface area contributed by atoms with Crippen LogP contribution in [-0.4, -0.2) is 37.2 Å². The summed E-state index contributed by atoms with van der Waals surface area (Å²) in [4.78, 5) is 37.8. The first-order valence-corrected chi connectivity index (χ1v) is 24.5. The summed E-state index contributed by atoms with van der Waals surface area (Å²) in [6.45, 7) is 6.56. The molecule has 0 amide bonds. The minimum absolute atomic E-state index is 0.105. The van der Waals surface area contributed by atoms with Crippen LogP contribution in [0.2, 0.25) is 0 Å². The summed E-state index contributed by atoms with van der Waals surface area (Å²) >= 11 is 0. The van der Waals surface area contributed by atoms with Crippen molar-refractivity contribution in [3.63, 3.8) is 0 Å². The Hall–Kier alpha value is -2.37. The van der Waals surface area contributed by atoms with E-state index in [1.165, 1.54) is 154 Å². The van der Waals surface area contributed by atoms with Crippen molar-refractivity contribution in [1.29, 1.82) is 0 Å². The first-order chi connectivity index (χ1) is 28.0. The minimum Gasteiger partial charge on any atom is -0.462 e. The fraction of sp³-hybridized carbons (Fsp3) is 0.824. The van der Waals surface area contributed by atoms with E-state index in [0.717, 1.165) is 38.5 Å². The molecule has 0 N–H and O–H groups in total. The molecular formula is C51H92O6. The maximum atomic E-state index is 12.7. The Morgan fingerprint density at radius 1 is 0.333 bits per heavy atom. The van der Waals surface area contributed by atoms with Gasteiger partial charge in [0.05, 0.1) is 0 Å². The van der Waals surface area contributed by atoms with Crippen LogP contribution in [0, 0.1) is 0 Å². The van der Waals surface area contributed by atoms with Gasteiger partial charge in [0, 0.05) is 19.3 Å². The number of hydrogen-bond donors (Lipinski definition) is 0. The van der Waals surface area contributed by atoms with Gasteiger partial charge in [-0.15, -0.1) is 0 Å². The summed E-state index contributed by atoms with van der Waals surface area (Å²) in [6.07, 6.45) is 52.9. The molecule has 0 aliphatic heterocycles. The second kappa shape index (κ2) is 46.3. The number of carbonyl (C=O) groups excluding carboxylic acids is 3. The van der Waals surface area contributed by atoms with Crippen molar-refractivity contribution >= 4 is 17.9 Å². The Labute approximate surface area is 353 Å². The number of esters is 3. The van der Waals surface area contributed by atoms with E-state index >= 15 is 0 Å². The highest BCUT2D eigenvalue weighted by Gasteiger charge is 2.19. The zero-order chi connectivity index (χ0) is 41.5. The molecule has 0 bridgehead atoms. The van der Waals surface area contributed by atoms with Gasteiger partial charge in [-0.25, -0.2) is 0 Å². The summed E-state index contributed by atoms with van der Waals surface area (Å²) < 4.78 is 16.7. The summed E-state index contributed by atoms with van der Waals surface area (Å²) in [5, 5.41) is 0. The maximum Gasteiger partial charge on any atom is 0.306 e. The molecule has 0 heterocycles. The lowest BCUT2D eigenvalue weighted by Crippen LogP contribution is -2.30. The monoisotopic (exact) mass is 801 g/mol. The predicted molar refractivity (Wildman–Crippen MR) is 242 cm³/mol. The summed E-state index contributed by atoms with van der Waals surface area (Å²) in [5.74, 6) is -0.995. The van der Waals surface area contributed by atoms with E-state index in [-0.39, 0.29) is 37.5 Å². The average molecular weight is 801 g/mol. The molecule has 0 aromatic rings.